The zero-order chi connectivity index (χ0) is 5.70. The molecule has 0 atom stereocenters. The van der Waals surface area contributed by atoms with Crippen LogP contribution in [0.4, 0.5) is 0 Å². The number of thiol groups is 1. The minimum Gasteiger partial charge on any atom is -0.393 e. The van der Waals surface area contributed by atoms with Crippen molar-refractivity contribution in [3.63, 3.8) is 0 Å². The molecule has 2 N–H and O–H groups in total. The highest BCUT2D eigenvalue weighted by atomic mass is 32.1. The van der Waals surface area contributed by atoms with E-state index in [-0.39, 0.29) is 6.61 Å². The Labute approximate surface area is 48.6 Å². The summed E-state index contributed by atoms with van der Waals surface area (Å²) in [7, 11) is 1.76. The van der Waals surface area contributed by atoms with Crippen molar-refractivity contribution in [1.82, 2.24) is 5.32 Å². The van der Waals surface area contributed by atoms with Gasteiger partial charge in [-0.05, 0) is 0 Å². The zero-order valence-electron chi connectivity index (χ0n) is 4.18. The topological polar surface area (TPSA) is 32.3 Å². The molecule has 0 unspecified atom stereocenters. The first-order valence-corrected chi connectivity index (χ1v) is 2.42. The molecule has 0 radical (unpaired) electrons. The van der Waals surface area contributed by atoms with Gasteiger partial charge in [-0.1, -0.05) is 0 Å². The van der Waals surface area contributed by atoms with Gasteiger partial charge in [-0.25, -0.2) is 0 Å². The molecule has 0 aliphatic heterocycles. The molecule has 0 aromatic rings. The van der Waals surface area contributed by atoms with Crippen LogP contribution in [0.5, 0.6) is 0 Å². The van der Waals surface area contributed by atoms with Gasteiger partial charge in [0.25, 0.3) is 0 Å². The van der Waals surface area contributed by atoms with Gasteiger partial charge in [0.2, 0.25) is 0 Å². The Hall–Kier alpha value is -0.150. The normalized spacial score (nSPS) is 11.6. The minimum absolute atomic E-state index is 0.00392. The third-order valence-electron chi connectivity index (χ3n) is 0.473. The van der Waals surface area contributed by atoms with E-state index in [0.717, 1.165) is 0 Å². The van der Waals surface area contributed by atoms with Crippen LogP contribution < -0.4 is 5.32 Å². The van der Waals surface area contributed by atoms with Gasteiger partial charge in [-0.2, -0.15) is 0 Å². The standard InChI is InChI=1S/C4H9NOS/c1-5-2-4(7)3-6/h2,5-7H,3H2,1H3/b4-2-. The van der Waals surface area contributed by atoms with E-state index >= 15 is 0 Å². The fraction of sp³-hybridized carbons (Fsp3) is 0.500. The van der Waals surface area contributed by atoms with E-state index < -0.39 is 0 Å². The van der Waals surface area contributed by atoms with Gasteiger partial charge in [-0.3, -0.25) is 0 Å². The van der Waals surface area contributed by atoms with Crippen LogP contribution in [0.25, 0.3) is 0 Å². The maximum absolute atomic E-state index is 8.28. The Kier molecular flexibility index (Phi) is 3.93. The van der Waals surface area contributed by atoms with Gasteiger partial charge in [-0.15, -0.1) is 12.6 Å². The lowest BCUT2D eigenvalue weighted by atomic mass is 10.6. The average Bonchev–Trinajstić information content (AvgIpc) is 1.68. The lowest BCUT2D eigenvalue weighted by Gasteiger charge is -1.89. The quantitative estimate of drug-likeness (QED) is 0.446. The van der Waals surface area contributed by atoms with Crippen molar-refractivity contribution in [3.8, 4) is 0 Å². The molecule has 0 spiro atoms. The molecule has 0 saturated heterocycles. The van der Waals surface area contributed by atoms with Crippen molar-refractivity contribution in [2.75, 3.05) is 13.7 Å². The second-order valence-electron chi connectivity index (χ2n) is 1.08. The van der Waals surface area contributed by atoms with Crippen molar-refractivity contribution < 1.29 is 5.11 Å². The van der Waals surface area contributed by atoms with Crippen molar-refractivity contribution in [2.24, 2.45) is 0 Å². The molecular weight excluding hydrogens is 110 g/mol. The van der Waals surface area contributed by atoms with Gasteiger partial charge in [0.05, 0.1) is 6.61 Å². The van der Waals surface area contributed by atoms with Crippen LogP contribution in [-0.2, 0) is 0 Å². The third kappa shape index (κ3) is 3.69. The summed E-state index contributed by atoms with van der Waals surface area (Å²) >= 11 is 3.86. The van der Waals surface area contributed by atoms with E-state index in [1.807, 2.05) is 0 Å². The molecule has 0 rings (SSSR count). The van der Waals surface area contributed by atoms with E-state index in [1.54, 1.807) is 13.2 Å². The van der Waals surface area contributed by atoms with E-state index in [0.29, 0.717) is 4.91 Å². The monoisotopic (exact) mass is 119 g/mol. The highest BCUT2D eigenvalue weighted by molar-refractivity contribution is 7.84. The number of aliphatic hydroxyl groups excluding tert-OH is 1. The van der Waals surface area contributed by atoms with E-state index in [1.165, 1.54) is 0 Å². The molecule has 0 fully saturated rings. The number of aliphatic hydroxyl groups is 1. The molecule has 0 saturated carbocycles. The molecule has 0 aliphatic carbocycles. The number of nitrogens with one attached hydrogen (secondary N) is 1. The molecule has 3 heteroatoms. The Balaban J connectivity index is 3.29. The molecular formula is C4H9NOS. The van der Waals surface area contributed by atoms with E-state index in [4.69, 9.17) is 5.11 Å². The fourth-order valence-electron chi connectivity index (χ4n) is 0.212. The highest BCUT2D eigenvalue weighted by Gasteiger charge is 1.78. The minimum atomic E-state index is 0.00392. The Morgan fingerprint density at radius 1 is 2.00 bits per heavy atom. The van der Waals surface area contributed by atoms with Crippen LogP contribution in [0.15, 0.2) is 11.1 Å². The summed E-state index contributed by atoms with van der Waals surface area (Å²) in [6.45, 7) is 0.00392. The van der Waals surface area contributed by atoms with Crippen LogP contribution in [0.1, 0.15) is 0 Å². The van der Waals surface area contributed by atoms with Gasteiger partial charge >= 0.3 is 0 Å². The second kappa shape index (κ2) is 4.02. The summed E-state index contributed by atoms with van der Waals surface area (Å²) in [6, 6.07) is 0. The molecule has 0 bridgehead atoms. The van der Waals surface area contributed by atoms with Crippen LogP contribution in [0, 0.1) is 0 Å². The average molecular weight is 119 g/mol. The molecule has 0 aromatic carbocycles. The zero-order valence-corrected chi connectivity index (χ0v) is 5.07. The SMILES string of the molecule is CN/C=C(\S)CO. The van der Waals surface area contributed by atoms with Crippen molar-refractivity contribution in [1.29, 1.82) is 0 Å². The number of rotatable bonds is 2. The largest absolute Gasteiger partial charge is 0.393 e. The maximum atomic E-state index is 8.28. The van der Waals surface area contributed by atoms with Gasteiger partial charge in [0.15, 0.2) is 0 Å². The van der Waals surface area contributed by atoms with Crippen molar-refractivity contribution >= 4 is 12.6 Å². The number of hydrogen-bond donors (Lipinski definition) is 3. The first-order chi connectivity index (χ1) is 3.31. The van der Waals surface area contributed by atoms with Gasteiger partial charge < -0.3 is 10.4 Å². The Bertz CT molecular complexity index is 72.1. The molecule has 7 heavy (non-hydrogen) atoms. The van der Waals surface area contributed by atoms with Crippen LogP contribution in [0.2, 0.25) is 0 Å². The van der Waals surface area contributed by atoms with Crippen molar-refractivity contribution in [2.45, 2.75) is 0 Å². The molecule has 2 nitrogen and oxygen atoms in total. The predicted molar refractivity (Wildman–Crippen MR) is 33.2 cm³/mol. The molecule has 0 aromatic heterocycles. The van der Waals surface area contributed by atoms with E-state index in [9.17, 15) is 0 Å². The molecule has 0 aliphatic rings. The van der Waals surface area contributed by atoms with Gasteiger partial charge in [0.1, 0.15) is 0 Å². The smallest absolute Gasteiger partial charge is 0.0752 e. The lowest BCUT2D eigenvalue weighted by molar-refractivity contribution is 0.339. The number of hydrogen-bond acceptors (Lipinski definition) is 3. The third-order valence-corrected chi connectivity index (χ3v) is 0.743. The summed E-state index contributed by atoms with van der Waals surface area (Å²) in [4.78, 5) is 0.641. The second-order valence-corrected chi connectivity index (χ2v) is 1.66. The fourth-order valence-corrected chi connectivity index (χ4v) is 0.341. The van der Waals surface area contributed by atoms with E-state index in [2.05, 4.69) is 17.9 Å². The molecule has 42 valence electrons. The summed E-state index contributed by atoms with van der Waals surface area (Å²) in [5.41, 5.74) is 0. The maximum Gasteiger partial charge on any atom is 0.0752 e. The first kappa shape index (κ1) is 6.85. The first-order valence-electron chi connectivity index (χ1n) is 1.97. The summed E-state index contributed by atoms with van der Waals surface area (Å²) in [6.07, 6.45) is 1.63. The lowest BCUT2D eigenvalue weighted by Crippen LogP contribution is -1.95. The Morgan fingerprint density at radius 2 is 2.57 bits per heavy atom. The van der Waals surface area contributed by atoms with Crippen LogP contribution >= 0.6 is 12.6 Å². The van der Waals surface area contributed by atoms with Crippen molar-refractivity contribution in [3.05, 3.63) is 11.1 Å². The van der Waals surface area contributed by atoms with Gasteiger partial charge in [0, 0.05) is 18.2 Å². The van der Waals surface area contributed by atoms with Crippen LogP contribution in [-0.4, -0.2) is 18.8 Å². The summed E-state index contributed by atoms with van der Waals surface area (Å²) < 4.78 is 0. The highest BCUT2D eigenvalue weighted by Crippen LogP contribution is 1.92. The molecule has 0 amide bonds. The molecule has 0 heterocycles. The predicted octanol–water partition coefficient (Wildman–Crippen LogP) is -0.0307. The summed E-state index contributed by atoms with van der Waals surface area (Å²) in [5.74, 6) is 0. The van der Waals surface area contributed by atoms with Crippen LogP contribution in [0.3, 0.4) is 0 Å². The summed E-state index contributed by atoms with van der Waals surface area (Å²) in [5, 5.41) is 11.0. The Morgan fingerprint density at radius 3 is 2.71 bits per heavy atom.